The molecule has 0 amide bonds. The van der Waals surface area contributed by atoms with Crippen molar-refractivity contribution in [2.45, 2.75) is 6.92 Å². The van der Waals surface area contributed by atoms with Gasteiger partial charge in [0.15, 0.2) is 6.29 Å². The van der Waals surface area contributed by atoms with Gasteiger partial charge in [0.05, 0.1) is 5.56 Å². The van der Waals surface area contributed by atoms with Gasteiger partial charge >= 0.3 is 0 Å². The first-order valence-corrected chi connectivity index (χ1v) is 5.71. The number of aldehydes is 1. The van der Waals surface area contributed by atoms with Crippen LogP contribution in [0.25, 0.3) is 0 Å². The maximum atomic E-state index is 11.0. The number of hydrogen-bond acceptors (Lipinski definition) is 3. The maximum absolute atomic E-state index is 11.0. The van der Waals surface area contributed by atoms with E-state index < -0.39 is 0 Å². The van der Waals surface area contributed by atoms with Crippen molar-refractivity contribution >= 4 is 6.29 Å². The SMILES string of the molecule is Cc1c(O)cc(C#Cc2ccccc2)c(C=O)c1O. The molecule has 94 valence electrons. The minimum atomic E-state index is -0.229. The van der Waals surface area contributed by atoms with E-state index in [4.69, 9.17) is 0 Å². The molecule has 2 aromatic rings. The topological polar surface area (TPSA) is 57.5 Å². The summed E-state index contributed by atoms with van der Waals surface area (Å²) < 4.78 is 0. The fourth-order valence-corrected chi connectivity index (χ4v) is 1.66. The van der Waals surface area contributed by atoms with E-state index in [0.717, 1.165) is 5.56 Å². The van der Waals surface area contributed by atoms with E-state index in [9.17, 15) is 15.0 Å². The van der Waals surface area contributed by atoms with E-state index in [0.29, 0.717) is 11.8 Å². The number of rotatable bonds is 1. The molecule has 0 saturated carbocycles. The van der Waals surface area contributed by atoms with Crippen molar-refractivity contribution in [3.63, 3.8) is 0 Å². The summed E-state index contributed by atoms with van der Waals surface area (Å²) in [6, 6.07) is 10.6. The van der Waals surface area contributed by atoms with Gasteiger partial charge < -0.3 is 10.2 Å². The van der Waals surface area contributed by atoms with E-state index >= 15 is 0 Å². The average Bonchev–Trinajstić information content (AvgIpc) is 2.44. The van der Waals surface area contributed by atoms with Crippen LogP contribution in [0.4, 0.5) is 0 Å². The smallest absolute Gasteiger partial charge is 0.155 e. The minimum absolute atomic E-state index is 0.0829. The minimum Gasteiger partial charge on any atom is -0.507 e. The molecule has 19 heavy (non-hydrogen) atoms. The quantitative estimate of drug-likeness (QED) is 0.606. The molecule has 0 spiro atoms. The van der Waals surface area contributed by atoms with Crippen molar-refractivity contribution in [3.8, 4) is 23.3 Å². The Labute approximate surface area is 111 Å². The van der Waals surface area contributed by atoms with E-state index in [1.165, 1.54) is 13.0 Å². The molecule has 0 radical (unpaired) electrons. The van der Waals surface area contributed by atoms with Crippen LogP contribution in [0.1, 0.15) is 27.0 Å². The van der Waals surface area contributed by atoms with Crippen molar-refractivity contribution in [3.05, 3.63) is 58.7 Å². The first-order valence-electron chi connectivity index (χ1n) is 5.71. The van der Waals surface area contributed by atoms with Crippen molar-refractivity contribution in [1.82, 2.24) is 0 Å². The third-order valence-electron chi connectivity index (χ3n) is 2.80. The Morgan fingerprint density at radius 3 is 2.42 bits per heavy atom. The molecular weight excluding hydrogens is 240 g/mol. The second-order valence-corrected chi connectivity index (χ2v) is 4.06. The number of phenols is 2. The highest BCUT2D eigenvalue weighted by Crippen LogP contribution is 2.31. The van der Waals surface area contributed by atoms with Crippen molar-refractivity contribution in [1.29, 1.82) is 0 Å². The van der Waals surface area contributed by atoms with Crippen LogP contribution >= 0.6 is 0 Å². The average molecular weight is 252 g/mol. The molecule has 0 fully saturated rings. The molecule has 2 rings (SSSR count). The van der Waals surface area contributed by atoms with Crippen molar-refractivity contribution in [2.24, 2.45) is 0 Å². The van der Waals surface area contributed by atoms with Gasteiger partial charge in [-0.2, -0.15) is 0 Å². The number of phenolic OH excluding ortho intramolecular Hbond substituents is 2. The second kappa shape index (κ2) is 5.28. The zero-order valence-electron chi connectivity index (χ0n) is 10.3. The number of hydrogen-bond donors (Lipinski definition) is 2. The maximum Gasteiger partial charge on any atom is 0.155 e. The Bertz CT molecular complexity index is 677. The first kappa shape index (κ1) is 12.7. The summed E-state index contributed by atoms with van der Waals surface area (Å²) in [7, 11) is 0. The first-order chi connectivity index (χ1) is 9.13. The Balaban J connectivity index is 2.53. The summed E-state index contributed by atoms with van der Waals surface area (Å²) in [5, 5.41) is 19.5. The van der Waals surface area contributed by atoms with Gasteiger partial charge in [-0.15, -0.1) is 0 Å². The summed E-state index contributed by atoms with van der Waals surface area (Å²) in [6.07, 6.45) is 0.538. The second-order valence-electron chi connectivity index (χ2n) is 4.06. The van der Waals surface area contributed by atoms with Crippen LogP contribution in [-0.4, -0.2) is 16.5 Å². The Hall–Kier alpha value is -2.73. The van der Waals surface area contributed by atoms with Gasteiger partial charge in [-0.05, 0) is 25.1 Å². The summed E-state index contributed by atoms with van der Waals surface area (Å²) >= 11 is 0. The summed E-state index contributed by atoms with van der Waals surface area (Å²) in [5.41, 5.74) is 1.46. The van der Waals surface area contributed by atoms with E-state index in [-0.39, 0.29) is 22.6 Å². The highest BCUT2D eigenvalue weighted by Gasteiger charge is 2.12. The highest BCUT2D eigenvalue weighted by molar-refractivity contribution is 5.85. The van der Waals surface area contributed by atoms with Crippen LogP contribution in [-0.2, 0) is 0 Å². The van der Waals surface area contributed by atoms with Crippen molar-refractivity contribution in [2.75, 3.05) is 0 Å². The lowest BCUT2D eigenvalue weighted by Gasteiger charge is -2.06. The molecular formula is C16H12O3. The zero-order chi connectivity index (χ0) is 13.8. The molecule has 3 nitrogen and oxygen atoms in total. The molecule has 0 aliphatic heterocycles. The van der Waals surface area contributed by atoms with Gasteiger partial charge in [-0.1, -0.05) is 30.0 Å². The predicted molar refractivity (Wildman–Crippen MR) is 72.3 cm³/mol. The number of benzene rings is 2. The third kappa shape index (κ3) is 2.58. The molecule has 0 aliphatic carbocycles. The van der Waals surface area contributed by atoms with E-state index in [1.54, 1.807) is 0 Å². The van der Waals surface area contributed by atoms with Crippen LogP contribution in [0.5, 0.6) is 11.5 Å². The molecule has 0 bridgehead atoms. The van der Waals surface area contributed by atoms with Crippen molar-refractivity contribution < 1.29 is 15.0 Å². The monoisotopic (exact) mass is 252 g/mol. The standard InChI is InChI=1S/C16H12O3/c1-11-15(18)9-13(14(10-17)16(11)19)8-7-12-5-3-2-4-6-12/h2-6,9-10,18-19H,1H3. The number of carbonyl (C=O) groups excluding carboxylic acids is 1. The molecule has 0 saturated heterocycles. The Kier molecular flexibility index (Phi) is 3.53. The molecule has 2 N–H and O–H groups in total. The van der Waals surface area contributed by atoms with Crippen LogP contribution in [0.2, 0.25) is 0 Å². The van der Waals surface area contributed by atoms with Gasteiger partial charge in [-0.3, -0.25) is 4.79 Å². The van der Waals surface area contributed by atoms with Gasteiger partial charge in [0.25, 0.3) is 0 Å². The number of carbonyl (C=O) groups is 1. The normalized spacial score (nSPS) is 9.53. The molecule has 0 atom stereocenters. The fraction of sp³-hybridized carbons (Fsp3) is 0.0625. The lowest BCUT2D eigenvalue weighted by atomic mass is 10.0. The summed E-state index contributed by atoms with van der Waals surface area (Å²) in [4.78, 5) is 11.0. The summed E-state index contributed by atoms with van der Waals surface area (Å²) in [5.74, 6) is 5.35. The molecule has 3 heteroatoms. The van der Waals surface area contributed by atoms with Crippen LogP contribution < -0.4 is 0 Å². The molecule has 0 heterocycles. The molecule has 2 aromatic carbocycles. The van der Waals surface area contributed by atoms with E-state index in [1.807, 2.05) is 30.3 Å². The largest absolute Gasteiger partial charge is 0.507 e. The highest BCUT2D eigenvalue weighted by atomic mass is 16.3. The van der Waals surface area contributed by atoms with Crippen LogP contribution in [0.3, 0.4) is 0 Å². The third-order valence-corrected chi connectivity index (χ3v) is 2.80. The van der Waals surface area contributed by atoms with Crippen LogP contribution in [0.15, 0.2) is 36.4 Å². The predicted octanol–water partition coefficient (Wildman–Crippen LogP) is 2.62. The lowest BCUT2D eigenvalue weighted by molar-refractivity contribution is 0.112. The Morgan fingerprint density at radius 2 is 1.79 bits per heavy atom. The number of aromatic hydroxyl groups is 2. The molecule has 0 aromatic heterocycles. The zero-order valence-corrected chi connectivity index (χ0v) is 10.3. The van der Waals surface area contributed by atoms with Crippen LogP contribution in [0, 0.1) is 18.8 Å². The fourth-order valence-electron chi connectivity index (χ4n) is 1.66. The van der Waals surface area contributed by atoms with Gasteiger partial charge in [0, 0.05) is 16.7 Å². The lowest BCUT2D eigenvalue weighted by Crippen LogP contribution is -1.92. The van der Waals surface area contributed by atoms with E-state index in [2.05, 4.69) is 11.8 Å². The van der Waals surface area contributed by atoms with Gasteiger partial charge in [0.2, 0.25) is 0 Å². The van der Waals surface area contributed by atoms with Gasteiger partial charge in [0.1, 0.15) is 11.5 Å². The molecule has 0 unspecified atom stereocenters. The van der Waals surface area contributed by atoms with Gasteiger partial charge in [-0.25, -0.2) is 0 Å². The summed E-state index contributed by atoms with van der Waals surface area (Å²) in [6.45, 7) is 1.53. The molecule has 0 aliphatic rings. The Morgan fingerprint density at radius 1 is 1.11 bits per heavy atom.